The molecule has 8 heteroatoms. The van der Waals surface area contributed by atoms with E-state index >= 15 is 0 Å². The number of aryl methyl sites for hydroxylation is 3. The fourth-order valence-electron chi connectivity index (χ4n) is 2.71. The largest absolute Gasteiger partial charge is 0.339 e. The van der Waals surface area contributed by atoms with Gasteiger partial charge in [-0.2, -0.15) is 0 Å². The number of nitrogens with one attached hydrogen (secondary N) is 1. The highest BCUT2D eigenvalue weighted by molar-refractivity contribution is 8.13. The molecule has 0 aliphatic rings. The Morgan fingerprint density at radius 1 is 1.11 bits per heavy atom. The first kappa shape index (κ1) is 19.3. The van der Waals surface area contributed by atoms with Crippen LogP contribution < -0.4 is 5.32 Å². The maximum absolute atomic E-state index is 12.9. The number of carbonyl (C=O) groups is 2. The molecule has 0 spiro atoms. The number of benzene rings is 1. The lowest BCUT2D eigenvalue weighted by Gasteiger charge is -2.13. The molecule has 140 valence electrons. The van der Waals surface area contributed by atoms with Gasteiger partial charge in [0.05, 0.1) is 10.6 Å². The first-order valence-electron chi connectivity index (χ1n) is 8.31. The van der Waals surface area contributed by atoms with E-state index in [1.165, 1.54) is 16.2 Å². The van der Waals surface area contributed by atoms with Gasteiger partial charge in [-0.15, -0.1) is 11.3 Å². The van der Waals surface area contributed by atoms with Crippen LogP contribution >= 0.6 is 23.1 Å². The summed E-state index contributed by atoms with van der Waals surface area (Å²) < 4.78 is 0. The van der Waals surface area contributed by atoms with Crippen LogP contribution in [0.2, 0.25) is 0 Å². The van der Waals surface area contributed by atoms with Crippen molar-refractivity contribution in [3.8, 4) is 0 Å². The zero-order chi connectivity index (χ0) is 19.7. The Labute approximate surface area is 166 Å². The molecule has 2 aromatic heterocycles. The summed E-state index contributed by atoms with van der Waals surface area (Å²) in [4.78, 5) is 37.4. The first-order chi connectivity index (χ1) is 12.8. The van der Waals surface area contributed by atoms with Crippen molar-refractivity contribution in [1.82, 2.24) is 14.9 Å². The molecule has 0 unspecified atom stereocenters. The zero-order valence-corrected chi connectivity index (χ0v) is 17.4. The van der Waals surface area contributed by atoms with Gasteiger partial charge in [0.1, 0.15) is 10.7 Å². The van der Waals surface area contributed by atoms with E-state index in [0.717, 1.165) is 33.2 Å². The molecule has 0 saturated heterocycles. The number of thioether (sulfide) groups is 1. The highest BCUT2D eigenvalue weighted by Gasteiger charge is 2.20. The van der Waals surface area contributed by atoms with Gasteiger partial charge in [0.25, 0.3) is 11.1 Å². The minimum Gasteiger partial charge on any atom is -0.339 e. The molecule has 0 aliphatic heterocycles. The number of aromatic nitrogens is 2. The third-order valence-electron chi connectivity index (χ3n) is 3.99. The highest BCUT2D eigenvalue weighted by Crippen LogP contribution is 2.33. The van der Waals surface area contributed by atoms with Crippen molar-refractivity contribution < 1.29 is 9.59 Å². The summed E-state index contributed by atoms with van der Waals surface area (Å²) in [7, 11) is 3.39. The van der Waals surface area contributed by atoms with Crippen LogP contribution in [0.3, 0.4) is 0 Å². The molecule has 0 bridgehead atoms. The lowest BCUT2D eigenvalue weighted by Crippen LogP contribution is -2.17. The molecule has 0 saturated carbocycles. The van der Waals surface area contributed by atoms with E-state index in [0.29, 0.717) is 21.3 Å². The van der Waals surface area contributed by atoms with E-state index in [1.54, 1.807) is 20.2 Å². The SMILES string of the molecule is Cc1nc(C)c2c(C)c(C(=O)Nc3ccccc3SC(=O)N(C)C)sc2n1. The summed E-state index contributed by atoms with van der Waals surface area (Å²) in [6.45, 7) is 5.68. The van der Waals surface area contributed by atoms with E-state index in [-0.39, 0.29) is 11.1 Å². The minimum atomic E-state index is -0.210. The Morgan fingerprint density at radius 3 is 2.52 bits per heavy atom. The quantitative estimate of drug-likeness (QED) is 0.648. The van der Waals surface area contributed by atoms with Crippen LogP contribution in [0.5, 0.6) is 0 Å². The predicted octanol–water partition coefficient (Wildman–Crippen LogP) is 4.64. The number of para-hydroxylation sites is 1. The topological polar surface area (TPSA) is 75.2 Å². The van der Waals surface area contributed by atoms with Crippen LogP contribution in [0.25, 0.3) is 10.2 Å². The lowest BCUT2D eigenvalue weighted by atomic mass is 10.1. The number of anilines is 1. The normalized spacial score (nSPS) is 10.9. The van der Waals surface area contributed by atoms with Crippen molar-refractivity contribution in [3.63, 3.8) is 0 Å². The smallest absolute Gasteiger partial charge is 0.286 e. The second-order valence-corrected chi connectivity index (χ2v) is 8.30. The van der Waals surface area contributed by atoms with Crippen LogP contribution in [0.1, 0.15) is 26.8 Å². The Hall–Kier alpha value is -2.45. The summed E-state index contributed by atoms with van der Waals surface area (Å²) in [6.07, 6.45) is 0. The second-order valence-electron chi connectivity index (χ2n) is 6.31. The van der Waals surface area contributed by atoms with Crippen molar-refractivity contribution in [2.45, 2.75) is 25.7 Å². The van der Waals surface area contributed by atoms with Gasteiger partial charge in [-0.05, 0) is 50.2 Å². The number of rotatable bonds is 3. The third kappa shape index (κ3) is 3.96. The lowest BCUT2D eigenvalue weighted by molar-refractivity contribution is 0.103. The van der Waals surface area contributed by atoms with E-state index in [2.05, 4.69) is 15.3 Å². The Balaban J connectivity index is 1.93. The average molecular weight is 401 g/mol. The molecule has 0 radical (unpaired) electrons. The number of hydrogen-bond donors (Lipinski definition) is 1. The van der Waals surface area contributed by atoms with Crippen LogP contribution in [-0.4, -0.2) is 40.1 Å². The number of carbonyl (C=O) groups excluding carboxylic acids is 2. The van der Waals surface area contributed by atoms with Gasteiger partial charge in [0, 0.05) is 30.1 Å². The molecule has 1 aromatic carbocycles. The fourth-order valence-corrected chi connectivity index (χ4v) is 4.63. The molecule has 0 fully saturated rings. The second kappa shape index (κ2) is 7.66. The number of thiophene rings is 1. The molecule has 3 rings (SSSR count). The van der Waals surface area contributed by atoms with Crippen LogP contribution in [-0.2, 0) is 0 Å². The monoisotopic (exact) mass is 400 g/mol. The van der Waals surface area contributed by atoms with E-state index in [9.17, 15) is 9.59 Å². The minimum absolute atomic E-state index is 0.101. The van der Waals surface area contributed by atoms with Crippen molar-refractivity contribution >= 4 is 50.1 Å². The van der Waals surface area contributed by atoms with E-state index < -0.39 is 0 Å². The van der Waals surface area contributed by atoms with E-state index in [1.807, 2.05) is 39.0 Å². The zero-order valence-electron chi connectivity index (χ0n) is 15.8. The maximum Gasteiger partial charge on any atom is 0.286 e. The van der Waals surface area contributed by atoms with Crippen molar-refractivity contribution in [2.75, 3.05) is 19.4 Å². The summed E-state index contributed by atoms with van der Waals surface area (Å²) in [5.41, 5.74) is 2.36. The molecule has 2 heterocycles. The van der Waals surface area contributed by atoms with Gasteiger partial charge >= 0.3 is 0 Å². The molecule has 3 aromatic rings. The van der Waals surface area contributed by atoms with Gasteiger partial charge in [0.2, 0.25) is 0 Å². The summed E-state index contributed by atoms with van der Waals surface area (Å²) in [5, 5.41) is 3.77. The van der Waals surface area contributed by atoms with Gasteiger partial charge in [0.15, 0.2) is 0 Å². The van der Waals surface area contributed by atoms with Crippen molar-refractivity contribution in [2.24, 2.45) is 0 Å². The highest BCUT2D eigenvalue weighted by atomic mass is 32.2. The molecule has 27 heavy (non-hydrogen) atoms. The van der Waals surface area contributed by atoms with Gasteiger partial charge in [-0.1, -0.05) is 12.1 Å². The molecule has 2 amide bonds. The van der Waals surface area contributed by atoms with Gasteiger partial charge < -0.3 is 10.2 Å². The van der Waals surface area contributed by atoms with Crippen molar-refractivity contribution in [3.05, 3.63) is 46.2 Å². The van der Waals surface area contributed by atoms with Crippen LogP contribution in [0.4, 0.5) is 10.5 Å². The number of fused-ring (bicyclic) bond motifs is 1. The maximum atomic E-state index is 12.9. The van der Waals surface area contributed by atoms with Crippen molar-refractivity contribution in [1.29, 1.82) is 0 Å². The summed E-state index contributed by atoms with van der Waals surface area (Å²) >= 11 is 2.44. The number of amides is 2. The predicted molar refractivity (Wildman–Crippen MR) is 111 cm³/mol. The molecular formula is C19H20N4O2S2. The summed E-state index contributed by atoms with van der Waals surface area (Å²) in [5.74, 6) is 0.482. The Bertz CT molecular complexity index is 1040. The van der Waals surface area contributed by atoms with E-state index in [4.69, 9.17) is 0 Å². The molecule has 0 aliphatic carbocycles. The molecule has 6 nitrogen and oxygen atoms in total. The molecule has 0 atom stereocenters. The number of nitrogens with zero attached hydrogens (tertiary/aromatic N) is 3. The van der Waals surface area contributed by atoms with Gasteiger partial charge in [-0.25, -0.2) is 9.97 Å². The third-order valence-corrected chi connectivity index (χ3v) is 6.29. The Kier molecular flexibility index (Phi) is 5.48. The van der Waals surface area contributed by atoms with Crippen LogP contribution in [0, 0.1) is 20.8 Å². The average Bonchev–Trinajstić information content (AvgIpc) is 2.93. The molecular weight excluding hydrogens is 380 g/mol. The Morgan fingerprint density at radius 2 is 1.81 bits per heavy atom. The summed E-state index contributed by atoms with van der Waals surface area (Å²) in [6, 6.07) is 7.28. The standard InChI is InChI=1S/C19H20N4O2S2/c1-10-15-11(2)20-12(3)21-18(15)27-16(10)17(24)22-13-8-6-7-9-14(13)26-19(25)23(4)5/h6-9H,1-5H3,(H,22,24). The van der Waals surface area contributed by atoms with Gasteiger partial charge in [-0.3, -0.25) is 9.59 Å². The number of hydrogen-bond acceptors (Lipinski definition) is 6. The first-order valence-corrected chi connectivity index (χ1v) is 9.95. The molecule has 1 N–H and O–H groups in total. The van der Waals surface area contributed by atoms with Crippen LogP contribution in [0.15, 0.2) is 29.2 Å². The fraction of sp³-hybridized carbons (Fsp3) is 0.263.